The predicted octanol–water partition coefficient (Wildman–Crippen LogP) is 1.76. The molecule has 0 aromatic heterocycles. The number of carbonyl (C=O) groups is 3. The van der Waals surface area contributed by atoms with E-state index >= 15 is 0 Å². The van der Waals surface area contributed by atoms with Crippen LogP contribution in [-0.4, -0.2) is 31.9 Å². The van der Waals surface area contributed by atoms with E-state index in [1.54, 1.807) is 19.9 Å². The molecular formula is C14H22O5. The van der Waals surface area contributed by atoms with Gasteiger partial charge in [0.15, 0.2) is 11.7 Å². The van der Waals surface area contributed by atoms with Crippen molar-refractivity contribution in [2.45, 2.75) is 27.2 Å². The van der Waals surface area contributed by atoms with Gasteiger partial charge in [-0.1, -0.05) is 26.3 Å². The highest BCUT2D eigenvalue weighted by atomic mass is 16.5. The summed E-state index contributed by atoms with van der Waals surface area (Å²) in [5.41, 5.74) is 0. The van der Waals surface area contributed by atoms with Crippen LogP contribution < -0.4 is 0 Å². The topological polar surface area (TPSA) is 69.7 Å². The number of ether oxygens (including phenoxy) is 2. The lowest BCUT2D eigenvalue weighted by Gasteiger charge is -2.26. The zero-order valence-electron chi connectivity index (χ0n) is 12.1. The largest absolute Gasteiger partial charge is 0.468 e. The molecule has 2 unspecified atom stereocenters. The molecule has 0 aliphatic carbocycles. The molecule has 0 amide bonds. The fraction of sp³-hybridized carbons (Fsp3) is 0.643. The van der Waals surface area contributed by atoms with Crippen molar-refractivity contribution in [3.05, 3.63) is 12.2 Å². The van der Waals surface area contributed by atoms with Gasteiger partial charge in [-0.15, -0.1) is 0 Å². The molecule has 5 heteroatoms. The number of hydrogen-bond acceptors (Lipinski definition) is 5. The Morgan fingerprint density at radius 2 is 1.58 bits per heavy atom. The number of carbonyl (C=O) groups excluding carboxylic acids is 3. The summed E-state index contributed by atoms with van der Waals surface area (Å²) in [5, 5.41) is 0. The van der Waals surface area contributed by atoms with E-state index in [-0.39, 0.29) is 5.78 Å². The summed E-state index contributed by atoms with van der Waals surface area (Å²) in [4.78, 5) is 35.4. The Morgan fingerprint density at radius 3 is 1.89 bits per heavy atom. The van der Waals surface area contributed by atoms with Crippen molar-refractivity contribution >= 4 is 17.7 Å². The number of rotatable bonds is 7. The van der Waals surface area contributed by atoms with Crippen LogP contribution in [0, 0.1) is 17.8 Å². The van der Waals surface area contributed by atoms with Crippen LogP contribution in [0.4, 0.5) is 0 Å². The second-order valence-electron chi connectivity index (χ2n) is 4.29. The van der Waals surface area contributed by atoms with Crippen LogP contribution in [0.25, 0.3) is 0 Å². The predicted molar refractivity (Wildman–Crippen MR) is 70.3 cm³/mol. The minimum atomic E-state index is -1.07. The molecule has 0 aromatic carbocycles. The van der Waals surface area contributed by atoms with Gasteiger partial charge in [0.05, 0.1) is 14.2 Å². The van der Waals surface area contributed by atoms with Gasteiger partial charge in [0, 0.05) is 5.92 Å². The monoisotopic (exact) mass is 270 g/mol. The molecule has 0 saturated carbocycles. The van der Waals surface area contributed by atoms with Gasteiger partial charge < -0.3 is 9.47 Å². The number of methoxy groups -OCH3 is 2. The number of esters is 2. The van der Waals surface area contributed by atoms with Crippen molar-refractivity contribution in [1.82, 2.24) is 0 Å². The molecule has 0 rings (SSSR count). The van der Waals surface area contributed by atoms with E-state index in [0.29, 0.717) is 6.42 Å². The average Bonchev–Trinajstić information content (AvgIpc) is 2.42. The van der Waals surface area contributed by atoms with Crippen LogP contribution in [0.5, 0.6) is 0 Å². The SMILES string of the molecule is C/C=C/C(=O)C(C)C(CC)C(C(=O)OC)C(=O)OC. The second kappa shape index (κ2) is 8.45. The van der Waals surface area contributed by atoms with Crippen molar-refractivity contribution in [2.75, 3.05) is 14.2 Å². The molecule has 0 aliphatic heterocycles. The van der Waals surface area contributed by atoms with E-state index in [0.717, 1.165) is 0 Å². The average molecular weight is 270 g/mol. The number of allylic oxidation sites excluding steroid dienone is 2. The molecule has 0 spiro atoms. The molecule has 0 heterocycles. The van der Waals surface area contributed by atoms with Gasteiger partial charge in [0.2, 0.25) is 0 Å². The Balaban J connectivity index is 5.29. The van der Waals surface area contributed by atoms with Crippen LogP contribution >= 0.6 is 0 Å². The van der Waals surface area contributed by atoms with Gasteiger partial charge in [0.25, 0.3) is 0 Å². The van der Waals surface area contributed by atoms with Crippen LogP contribution in [-0.2, 0) is 23.9 Å². The highest BCUT2D eigenvalue weighted by Gasteiger charge is 2.40. The third-order valence-electron chi connectivity index (χ3n) is 3.23. The Bertz CT molecular complexity index is 343. The highest BCUT2D eigenvalue weighted by molar-refractivity contribution is 5.97. The Labute approximate surface area is 114 Å². The maximum absolute atomic E-state index is 11.9. The fourth-order valence-electron chi connectivity index (χ4n) is 2.10. The van der Waals surface area contributed by atoms with E-state index in [9.17, 15) is 14.4 Å². The van der Waals surface area contributed by atoms with E-state index in [1.165, 1.54) is 20.3 Å². The molecule has 0 N–H and O–H groups in total. The van der Waals surface area contributed by atoms with Gasteiger partial charge in [-0.25, -0.2) is 0 Å². The van der Waals surface area contributed by atoms with Crippen LogP contribution in [0.2, 0.25) is 0 Å². The molecule has 0 aliphatic rings. The molecule has 0 fully saturated rings. The minimum absolute atomic E-state index is 0.118. The van der Waals surface area contributed by atoms with Gasteiger partial charge in [-0.3, -0.25) is 14.4 Å². The van der Waals surface area contributed by atoms with Crippen LogP contribution in [0.15, 0.2) is 12.2 Å². The van der Waals surface area contributed by atoms with E-state index in [4.69, 9.17) is 0 Å². The van der Waals surface area contributed by atoms with Crippen molar-refractivity contribution in [3.63, 3.8) is 0 Å². The molecular weight excluding hydrogens is 248 g/mol. The lowest BCUT2D eigenvalue weighted by atomic mass is 9.78. The first kappa shape index (κ1) is 17.4. The number of hydrogen-bond donors (Lipinski definition) is 0. The van der Waals surface area contributed by atoms with Crippen molar-refractivity contribution in [2.24, 2.45) is 17.8 Å². The summed E-state index contributed by atoms with van der Waals surface area (Å²) in [7, 11) is 2.42. The highest BCUT2D eigenvalue weighted by Crippen LogP contribution is 2.28. The van der Waals surface area contributed by atoms with Gasteiger partial charge in [-0.05, 0) is 18.9 Å². The molecule has 2 atom stereocenters. The maximum atomic E-state index is 11.9. The second-order valence-corrected chi connectivity index (χ2v) is 4.29. The first-order valence-electron chi connectivity index (χ1n) is 6.26. The van der Waals surface area contributed by atoms with Crippen molar-refractivity contribution in [1.29, 1.82) is 0 Å². The third kappa shape index (κ3) is 4.50. The Hall–Kier alpha value is -1.65. The van der Waals surface area contributed by atoms with Crippen LogP contribution in [0.1, 0.15) is 27.2 Å². The molecule has 0 radical (unpaired) electrons. The first-order chi connectivity index (χ1) is 8.94. The standard InChI is InChI=1S/C14H22O5/c1-6-8-11(15)9(3)10(7-2)12(13(16)18-4)14(17)19-5/h6,8-10,12H,7H2,1-5H3/b8-6+. The minimum Gasteiger partial charge on any atom is -0.468 e. The molecule has 5 nitrogen and oxygen atoms in total. The lowest BCUT2D eigenvalue weighted by molar-refractivity contribution is -0.162. The van der Waals surface area contributed by atoms with Gasteiger partial charge in [-0.2, -0.15) is 0 Å². The maximum Gasteiger partial charge on any atom is 0.320 e. The zero-order valence-corrected chi connectivity index (χ0v) is 12.1. The molecule has 108 valence electrons. The Morgan fingerprint density at radius 1 is 1.11 bits per heavy atom. The molecule has 0 bridgehead atoms. The van der Waals surface area contributed by atoms with E-state index in [2.05, 4.69) is 9.47 Å². The summed E-state index contributed by atoms with van der Waals surface area (Å²) < 4.78 is 9.28. The molecule has 0 saturated heterocycles. The summed E-state index contributed by atoms with van der Waals surface area (Å²) in [5.74, 6) is -3.41. The quantitative estimate of drug-likeness (QED) is 0.400. The van der Waals surface area contributed by atoms with E-state index in [1.807, 2.05) is 6.92 Å². The fourth-order valence-corrected chi connectivity index (χ4v) is 2.10. The summed E-state index contributed by atoms with van der Waals surface area (Å²) in [6.45, 7) is 5.27. The van der Waals surface area contributed by atoms with Crippen LogP contribution in [0.3, 0.4) is 0 Å². The summed E-state index contributed by atoms with van der Waals surface area (Å²) >= 11 is 0. The lowest BCUT2D eigenvalue weighted by Crippen LogP contribution is -2.38. The smallest absolute Gasteiger partial charge is 0.320 e. The number of ketones is 1. The van der Waals surface area contributed by atoms with Crippen molar-refractivity contribution in [3.8, 4) is 0 Å². The molecule has 0 aromatic rings. The summed E-state index contributed by atoms with van der Waals surface area (Å²) in [6.07, 6.45) is 3.58. The third-order valence-corrected chi connectivity index (χ3v) is 3.23. The van der Waals surface area contributed by atoms with E-state index < -0.39 is 29.7 Å². The summed E-state index contributed by atoms with van der Waals surface area (Å²) in [6, 6.07) is 0. The Kier molecular flexibility index (Phi) is 7.72. The zero-order chi connectivity index (χ0) is 15.0. The van der Waals surface area contributed by atoms with Crippen molar-refractivity contribution < 1.29 is 23.9 Å². The molecule has 19 heavy (non-hydrogen) atoms. The first-order valence-corrected chi connectivity index (χ1v) is 6.26. The van der Waals surface area contributed by atoms with Gasteiger partial charge >= 0.3 is 11.9 Å². The van der Waals surface area contributed by atoms with Gasteiger partial charge in [0.1, 0.15) is 0 Å². The normalized spacial score (nSPS) is 14.2.